The summed E-state index contributed by atoms with van der Waals surface area (Å²) < 4.78 is 16.7. The number of esters is 1. The topological polar surface area (TPSA) is 175 Å². The Morgan fingerprint density at radius 3 is 1.22 bits per heavy atom. The van der Waals surface area contributed by atoms with Crippen molar-refractivity contribution >= 4 is 11.9 Å². The van der Waals surface area contributed by atoms with Crippen molar-refractivity contribution in [3.05, 3.63) is 48.6 Å². The summed E-state index contributed by atoms with van der Waals surface area (Å²) in [6.45, 7) is 4.33. The van der Waals surface area contributed by atoms with Gasteiger partial charge in [-0.25, -0.2) is 0 Å². The number of rotatable bonds is 65. The summed E-state index contributed by atoms with van der Waals surface area (Å²) >= 11 is 0. The zero-order valence-electron chi connectivity index (χ0n) is 56.0. The molecule has 1 fully saturated rings. The van der Waals surface area contributed by atoms with Gasteiger partial charge in [0.1, 0.15) is 24.4 Å². The molecule has 0 aromatic heterocycles. The average Bonchev–Trinajstić information content (AvgIpc) is 3.71. The van der Waals surface area contributed by atoms with E-state index in [9.17, 15) is 35.1 Å². The number of unbranched alkanes of at least 4 members (excludes halogenated alkanes) is 45. The van der Waals surface area contributed by atoms with Gasteiger partial charge in [-0.3, -0.25) is 9.59 Å². The van der Waals surface area contributed by atoms with E-state index in [2.05, 4.69) is 55.6 Å². The fraction of sp³-hybridized carbons (Fsp3) is 0.867. The van der Waals surface area contributed by atoms with Crippen molar-refractivity contribution < 1.29 is 49.3 Å². The van der Waals surface area contributed by atoms with Gasteiger partial charge in [0.2, 0.25) is 5.91 Å². The van der Waals surface area contributed by atoms with Gasteiger partial charge < -0.3 is 45.1 Å². The lowest BCUT2D eigenvalue weighted by Gasteiger charge is -2.40. The molecule has 0 spiro atoms. The first-order chi connectivity index (χ1) is 42.2. The number of hydrogen-bond donors (Lipinski definition) is 6. The zero-order chi connectivity index (χ0) is 62.3. The number of aliphatic hydroxyl groups is 5. The first-order valence-corrected chi connectivity index (χ1v) is 36.9. The Labute approximate surface area is 529 Å². The summed E-state index contributed by atoms with van der Waals surface area (Å²) in [6, 6.07) is -0.825. The second-order valence-corrected chi connectivity index (χ2v) is 25.6. The average molecular weight is 1210 g/mol. The molecule has 1 rings (SSSR count). The van der Waals surface area contributed by atoms with Crippen molar-refractivity contribution in [3.8, 4) is 0 Å². The third-order valence-corrected chi connectivity index (χ3v) is 17.4. The maximum absolute atomic E-state index is 13.0. The molecule has 1 aliphatic heterocycles. The van der Waals surface area contributed by atoms with Crippen LogP contribution in [-0.2, 0) is 23.8 Å². The van der Waals surface area contributed by atoms with Crippen LogP contribution in [-0.4, -0.2) is 100 Å². The first kappa shape index (κ1) is 81.6. The monoisotopic (exact) mass is 1210 g/mol. The number of ether oxygens (including phenoxy) is 3. The van der Waals surface area contributed by atoms with Gasteiger partial charge in [-0.1, -0.05) is 313 Å². The van der Waals surface area contributed by atoms with Crippen molar-refractivity contribution in [3.63, 3.8) is 0 Å². The maximum Gasteiger partial charge on any atom is 0.305 e. The van der Waals surface area contributed by atoms with Crippen LogP contribution in [0.1, 0.15) is 354 Å². The molecule has 0 aromatic carbocycles. The molecule has 11 heteroatoms. The highest BCUT2D eigenvalue weighted by Gasteiger charge is 2.44. The van der Waals surface area contributed by atoms with Gasteiger partial charge in [-0.2, -0.15) is 0 Å². The molecule has 1 heterocycles. The smallest absolute Gasteiger partial charge is 0.305 e. The molecule has 1 amide bonds. The summed E-state index contributed by atoms with van der Waals surface area (Å²) in [7, 11) is 0. The molecule has 1 saturated heterocycles. The summed E-state index contributed by atoms with van der Waals surface area (Å²) in [6.07, 6.45) is 74.2. The molecule has 0 aromatic rings. The quantitative estimate of drug-likeness (QED) is 0.0195. The third kappa shape index (κ3) is 52.4. The highest BCUT2D eigenvalue weighted by molar-refractivity contribution is 5.76. The van der Waals surface area contributed by atoms with Crippen LogP contribution in [0.25, 0.3) is 0 Å². The third-order valence-electron chi connectivity index (χ3n) is 17.4. The van der Waals surface area contributed by atoms with E-state index in [0.717, 1.165) is 57.8 Å². The summed E-state index contributed by atoms with van der Waals surface area (Å²) in [5.41, 5.74) is 0. The van der Waals surface area contributed by atoms with E-state index in [4.69, 9.17) is 14.2 Å². The Morgan fingerprint density at radius 2 is 0.791 bits per heavy atom. The number of carbonyl (C=O) groups is 2. The fourth-order valence-corrected chi connectivity index (χ4v) is 11.6. The number of carbonyl (C=O) groups excluding carboxylic acids is 2. The lowest BCUT2D eigenvalue weighted by atomic mass is 9.99. The van der Waals surface area contributed by atoms with Gasteiger partial charge >= 0.3 is 5.97 Å². The van der Waals surface area contributed by atoms with Gasteiger partial charge in [0.05, 0.1) is 32.0 Å². The van der Waals surface area contributed by atoms with Crippen LogP contribution >= 0.6 is 0 Å². The van der Waals surface area contributed by atoms with Crippen LogP contribution in [0.15, 0.2) is 48.6 Å². The molecule has 0 saturated carbocycles. The SMILES string of the molecule is CCCCCCC/C=C/CC/C=C/C(O)C(COC1OC(CO)C(O)C(O)C1O)NC(=O)CCCCCCCCCCCCCCCCCCC/C=C\C/C=C\CCCCCCCCCCCCCOC(=O)CCCCCCCCCCCCCC. The van der Waals surface area contributed by atoms with Crippen LogP contribution in [0.4, 0.5) is 0 Å². The fourth-order valence-electron chi connectivity index (χ4n) is 11.6. The zero-order valence-corrected chi connectivity index (χ0v) is 56.0. The number of amides is 1. The molecule has 7 atom stereocenters. The number of nitrogens with one attached hydrogen (secondary N) is 1. The predicted molar refractivity (Wildman–Crippen MR) is 361 cm³/mol. The number of aliphatic hydroxyl groups excluding tert-OH is 5. The Bertz CT molecular complexity index is 1570. The largest absolute Gasteiger partial charge is 0.466 e. The minimum atomic E-state index is -1.58. The van der Waals surface area contributed by atoms with Crippen LogP contribution in [0, 0.1) is 0 Å². The summed E-state index contributed by atoms with van der Waals surface area (Å²) in [5, 5.41) is 54.4. The Morgan fingerprint density at radius 1 is 0.430 bits per heavy atom. The van der Waals surface area contributed by atoms with Crippen LogP contribution in [0.2, 0.25) is 0 Å². The van der Waals surface area contributed by atoms with Crippen LogP contribution < -0.4 is 5.32 Å². The molecule has 1 aliphatic rings. The van der Waals surface area contributed by atoms with Gasteiger partial charge in [-0.15, -0.1) is 0 Å². The standard InChI is InChI=1S/C75H139NO10/c1-3-5-7-9-11-13-15-43-47-51-55-59-63-71(80)84-64-60-56-52-48-44-40-38-36-34-32-30-28-26-24-22-20-18-16-17-19-21-23-25-27-29-31-33-35-37-39-42-46-50-54-58-62-70(79)76-67(66-85-75-74(83)73(82)72(81)69(65-77)86-75)68(78)61-57-53-49-45-41-14-12-10-8-6-4-2/h18,20,24,26,41,45,57,61,67-69,72-75,77-78,81-83H,3-17,19,21-23,25,27-40,42-44,46-56,58-60,62-66H2,1-2H3,(H,76,79)/b20-18-,26-24-,45-41+,61-57+. The Kier molecular flexibility index (Phi) is 60.9. The van der Waals surface area contributed by atoms with Gasteiger partial charge in [0.25, 0.3) is 0 Å². The van der Waals surface area contributed by atoms with Crippen LogP contribution in [0.3, 0.4) is 0 Å². The molecule has 86 heavy (non-hydrogen) atoms. The van der Waals surface area contributed by atoms with Crippen molar-refractivity contribution in [1.29, 1.82) is 0 Å². The lowest BCUT2D eigenvalue weighted by Crippen LogP contribution is -2.60. The molecule has 0 bridgehead atoms. The predicted octanol–water partition coefficient (Wildman–Crippen LogP) is 19.1. The van der Waals surface area contributed by atoms with E-state index in [-0.39, 0.29) is 18.5 Å². The van der Waals surface area contributed by atoms with E-state index in [1.54, 1.807) is 6.08 Å². The molecule has 504 valence electrons. The van der Waals surface area contributed by atoms with Crippen molar-refractivity contribution in [2.45, 2.75) is 397 Å². The first-order valence-electron chi connectivity index (χ1n) is 36.9. The van der Waals surface area contributed by atoms with Crippen LogP contribution in [0.5, 0.6) is 0 Å². The maximum atomic E-state index is 13.0. The van der Waals surface area contributed by atoms with Crippen molar-refractivity contribution in [2.24, 2.45) is 0 Å². The van der Waals surface area contributed by atoms with Crippen molar-refractivity contribution in [1.82, 2.24) is 5.32 Å². The summed E-state index contributed by atoms with van der Waals surface area (Å²) in [4.78, 5) is 25.1. The molecule has 6 N–H and O–H groups in total. The number of allylic oxidation sites excluding steroid dienone is 7. The Hall–Kier alpha value is -2.38. The minimum Gasteiger partial charge on any atom is -0.466 e. The highest BCUT2D eigenvalue weighted by atomic mass is 16.7. The molecule has 0 radical (unpaired) electrons. The second kappa shape index (κ2) is 64.2. The van der Waals surface area contributed by atoms with E-state index in [0.29, 0.717) is 19.4 Å². The summed E-state index contributed by atoms with van der Waals surface area (Å²) in [5.74, 6) is -0.179. The van der Waals surface area contributed by atoms with Gasteiger partial charge in [-0.05, 0) is 77.0 Å². The highest BCUT2D eigenvalue weighted by Crippen LogP contribution is 2.23. The van der Waals surface area contributed by atoms with E-state index < -0.39 is 49.5 Å². The van der Waals surface area contributed by atoms with E-state index in [1.807, 2.05) is 6.08 Å². The Balaban J connectivity index is 1.93. The molecule has 0 aliphatic carbocycles. The molecular weight excluding hydrogens is 1070 g/mol. The van der Waals surface area contributed by atoms with Gasteiger partial charge in [0.15, 0.2) is 6.29 Å². The van der Waals surface area contributed by atoms with E-state index in [1.165, 1.54) is 270 Å². The lowest BCUT2D eigenvalue weighted by molar-refractivity contribution is -0.302. The minimum absolute atomic E-state index is 0.0107. The van der Waals surface area contributed by atoms with E-state index >= 15 is 0 Å². The van der Waals surface area contributed by atoms with Gasteiger partial charge in [0, 0.05) is 12.8 Å². The molecule has 7 unspecified atom stereocenters. The molecular formula is C75H139NO10. The van der Waals surface area contributed by atoms with Crippen molar-refractivity contribution in [2.75, 3.05) is 19.8 Å². The normalized spacial score (nSPS) is 18.2. The second-order valence-electron chi connectivity index (χ2n) is 25.6. The number of hydrogen-bond acceptors (Lipinski definition) is 10. The molecule has 11 nitrogen and oxygen atoms in total.